The quantitative estimate of drug-likeness (QED) is 0.117. The zero-order valence-corrected chi connectivity index (χ0v) is 26.0. The number of carbonyl (C=O) groups excluding carboxylic acids is 1. The van der Waals surface area contributed by atoms with Gasteiger partial charge in [-0.2, -0.15) is 0 Å². The zero-order chi connectivity index (χ0) is 32.4. The average molecular weight is 666 g/mol. The van der Waals surface area contributed by atoms with Gasteiger partial charge in [0.1, 0.15) is 30.3 Å². The lowest BCUT2D eigenvalue weighted by molar-refractivity contribution is -0.0916. The van der Waals surface area contributed by atoms with Crippen LogP contribution in [0.15, 0.2) is 85.3 Å². The largest absolute Gasteiger partial charge is 0.451 e. The molecule has 1 saturated heterocycles. The number of benzene rings is 3. The molecule has 46 heavy (non-hydrogen) atoms. The molecule has 3 heterocycles. The third kappa shape index (κ3) is 6.18. The summed E-state index contributed by atoms with van der Waals surface area (Å²) in [5.41, 5.74) is 6.30. The Morgan fingerprint density at radius 2 is 1.74 bits per heavy atom. The molecule has 0 aliphatic carbocycles. The average Bonchev–Trinajstić information content (AvgIpc) is 3.58. The van der Waals surface area contributed by atoms with Crippen LogP contribution in [0.5, 0.6) is 0 Å². The first kappa shape index (κ1) is 31.9. The molecule has 11 nitrogen and oxygen atoms in total. The third-order valence-corrected chi connectivity index (χ3v) is 8.59. The molecular weight excluding hydrogens is 635 g/mol. The van der Waals surface area contributed by atoms with Crippen LogP contribution in [0.4, 0.5) is 5.82 Å². The SMILES string of the molecule is CONc1ncnc2c1c(CCO)cn2[C@@H]1O[C@H]([C@H](OC(=O)c2ccc(-c3ccccc3)cc2)c2ccc(Cl)c(Cl)c2)[C@@H](O)[C@H]1O. The van der Waals surface area contributed by atoms with Gasteiger partial charge in [-0.25, -0.2) is 20.2 Å². The number of hydrogen-bond acceptors (Lipinski definition) is 10. The summed E-state index contributed by atoms with van der Waals surface area (Å²) in [6.45, 7) is -0.165. The number of fused-ring (bicyclic) bond motifs is 1. The van der Waals surface area contributed by atoms with Crippen LogP contribution in [-0.2, 0) is 20.7 Å². The normalized spacial score (nSPS) is 20.1. The number of esters is 1. The van der Waals surface area contributed by atoms with Gasteiger partial charge in [0.25, 0.3) is 0 Å². The Bertz CT molecular complexity index is 1840. The van der Waals surface area contributed by atoms with Crippen molar-refractivity contribution in [1.29, 1.82) is 0 Å². The molecule has 4 N–H and O–H groups in total. The van der Waals surface area contributed by atoms with E-state index in [4.69, 9.17) is 37.5 Å². The Morgan fingerprint density at radius 3 is 2.43 bits per heavy atom. The van der Waals surface area contributed by atoms with Crippen molar-refractivity contribution in [2.45, 2.75) is 37.1 Å². The van der Waals surface area contributed by atoms with Crippen molar-refractivity contribution in [1.82, 2.24) is 14.5 Å². The number of halogens is 2. The summed E-state index contributed by atoms with van der Waals surface area (Å²) in [7, 11) is 1.43. The summed E-state index contributed by atoms with van der Waals surface area (Å²) in [5, 5.41) is 33.4. The van der Waals surface area contributed by atoms with Crippen molar-refractivity contribution < 1.29 is 34.4 Å². The smallest absolute Gasteiger partial charge is 0.338 e. The fourth-order valence-corrected chi connectivity index (χ4v) is 5.94. The van der Waals surface area contributed by atoms with Gasteiger partial charge in [0.05, 0.1) is 28.1 Å². The number of aliphatic hydroxyl groups excluding tert-OH is 3. The Hall–Kier alpha value is -4.07. The molecule has 2 aromatic heterocycles. The van der Waals surface area contributed by atoms with Crippen LogP contribution < -0.4 is 5.48 Å². The highest BCUT2D eigenvalue weighted by atomic mass is 35.5. The molecular formula is C33H30Cl2N4O7. The Kier molecular flexibility index (Phi) is 9.52. The number of rotatable bonds is 10. The van der Waals surface area contributed by atoms with Crippen molar-refractivity contribution in [3.8, 4) is 11.1 Å². The summed E-state index contributed by atoms with van der Waals surface area (Å²) < 4.78 is 13.9. The molecule has 1 aliphatic rings. The third-order valence-electron chi connectivity index (χ3n) is 7.85. The summed E-state index contributed by atoms with van der Waals surface area (Å²) in [4.78, 5) is 27.2. The number of ether oxygens (including phenoxy) is 2. The van der Waals surface area contributed by atoms with Gasteiger partial charge < -0.3 is 29.4 Å². The minimum Gasteiger partial charge on any atom is -0.451 e. The summed E-state index contributed by atoms with van der Waals surface area (Å²) in [6.07, 6.45) is -3.35. The van der Waals surface area contributed by atoms with E-state index in [1.165, 1.54) is 19.5 Å². The molecule has 0 unspecified atom stereocenters. The topological polar surface area (TPSA) is 148 Å². The number of carbonyl (C=O) groups is 1. The first-order valence-electron chi connectivity index (χ1n) is 14.4. The molecule has 3 aromatic carbocycles. The first-order chi connectivity index (χ1) is 22.3. The van der Waals surface area contributed by atoms with Gasteiger partial charge in [-0.15, -0.1) is 0 Å². The van der Waals surface area contributed by atoms with Crippen LogP contribution in [-0.4, -0.2) is 67.9 Å². The minimum atomic E-state index is -1.50. The molecule has 1 fully saturated rings. The van der Waals surface area contributed by atoms with Gasteiger partial charge in [0, 0.05) is 12.8 Å². The molecule has 0 saturated carbocycles. The van der Waals surface area contributed by atoms with Crippen LogP contribution in [0.25, 0.3) is 22.2 Å². The Morgan fingerprint density at radius 1 is 1.00 bits per heavy atom. The molecule has 238 valence electrons. The molecule has 5 aromatic rings. The highest BCUT2D eigenvalue weighted by Crippen LogP contribution is 2.41. The molecule has 13 heteroatoms. The van der Waals surface area contributed by atoms with E-state index in [0.29, 0.717) is 28.0 Å². The highest BCUT2D eigenvalue weighted by molar-refractivity contribution is 6.42. The van der Waals surface area contributed by atoms with Crippen molar-refractivity contribution in [2.75, 3.05) is 19.2 Å². The van der Waals surface area contributed by atoms with Crippen LogP contribution in [0, 0.1) is 0 Å². The zero-order valence-electron chi connectivity index (χ0n) is 24.5. The fraction of sp³-hybridized carbons (Fsp3) is 0.242. The number of aliphatic hydroxyl groups is 3. The fourth-order valence-electron chi connectivity index (χ4n) is 5.63. The van der Waals surface area contributed by atoms with E-state index < -0.39 is 36.6 Å². The van der Waals surface area contributed by atoms with E-state index in [1.807, 2.05) is 42.5 Å². The van der Waals surface area contributed by atoms with Gasteiger partial charge in [0.2, 0.25) is 0 Å². The van der Waals surface area contributed by atoms with E-state index in [9.17, 15) is 20.1 Å². The lowest BCUT2D eigenvalue weighted by atomic mass is 9.98. The van der Waals surface area contributed by atoms with E-state index in [2.05, 4.69) is 15.4 Å². The molecule has 0 amide bonds. The monoisotopic (exact) mass is 664 g/mol. The van der Waals surface area contributed by atoms with Crippen LogP contribution in [0.3, 0.4) is 0 Å². The summed E-state index contributed by atoms with van der Waals surface area (Å²) >= 11 is 12.5. The van der Waals surface area contributed by atoms with Crippen LogP contribution >= 0.6 is 23.2 Å². The molecule has 6 rings (SSSR count). The molecule has 0 bridgehead atoms. The predicted molar refractivity (Wildman–Crippen MR) is 171 cm³/mol. The van der Waals surface area contributed by atoms with Crippen molar-refractivity contribution in [2.24, 2.45) is 0 Å². The second-order valence-electron chi connectivity index (χ2n) is 10.7. The number of hydrogen-bond donors (Lipinski definition) is 4. The second kappa shape index (κ2) is 13.7. The second-order valence-corrected chi connectivity index (χ2v) is 11.5. The predicted octanol–water partition coefficient (Wildman–Crippen LogP) is 5.13. The maximum Gasteiger partial charge on any atom is 0.338 e. The maximum absolute atomic E-state index is 13.5. The van der Waals surface area contributed by atoms with Gasteiger partial charge >= 0.3 is 5.97 Å². The Balaban J connectivity index is 1.34. The molecule has 0 radical (unpaired) electrons. The van der Waals surface area contributed by atoms with Gasteiger partial charge in [-0.1, -0.05) is 71.7 Å². The molecule has 0 spiro atoms. The number of nitrogens with zero attached hydrogens (tertiary/aromatic N) is 3. The van der Waals surface area contributed by atoms with E-state index in [0.717, 1.165) is 11.1 Å². The van der Waals surface area contributed by atoms with Gasteiger partial charge in [-0.3, -0.25) is 4.84 Å². The highest BCUT2D eigenvalue weighted by Gasteiger charge is 2.49. The van der Waals surface area contributed by atoms with E-state index in [-0.39, 0.29) is 28.6 Å². The lowest BCUT2D eigenvalue weighted by Crippen LogP contribution is -2.36. The summed E-state index contributed by atoms with van der Waals surface area (Å²) in [6, 6.07) is 21.3. The summed E-state index contributed by atoms with van der Waals surface area (Å²) in [5.74, 6) is -0.329. The minimum absolute atomic E-state index is 0.165. The van der Waals surface area contributed by atoms with Gasteiger partial charge in [-0.05, 0) is 52.9 Å². The van der Waals surface area contributed by atoms with Crippen LogP contribution in [0.1, 0.15) is 33.8 Å². The first-order valence-corrected chi connectivity index (χ1v) is 15.1. The number of nitrogens with one attached hydrogen (secondary N) is 1. The van der Waals surface area contributed by atoms with Crippen molar-refractivity contribution in [3.05, 3.63) is 112 Å². The van der Waals surface area contributed by atoms with E-state index >= 15 is 0 Å². The number of anilines is 1. The van der Waals surface area contributed by atoms with Crippen LogP contribution in [0.2, 0.25) is 10.0 Å². The van der Waals surface area contributed by atoms with Crippen molar-refractivity contribution >= 4 is 46.0 Å². The standard InChI is InChI=1S/C33H30Cl2N4O7/c1-44-38-30-25-22(13-14-40)16-39(31(25)37-17-36-30)32-27(42)26(41)29(45-32)28(21-11-12-23(34)24(35)15-21)46-33(43)20-9-7-19(8-10-20)18-5-3-2-4-6-18/h2-12,15-17,26-29,32,40-42H,13-14H2,1H3,(H,36,37,38)/t26-,27+,28+,29-,32+/m0/s1. The maximum atomic E-state index is 13.5. The molecule has 1 aliphatic heterocycles. The number of aromatic nitrogens is 3. The lowest BCUT2D eigenvalue weighted by Gasteiger charge is -2.26. The van der Waals surface area contributed by atoms with Gasteiger partial charge in [0.15, 0.2) is 18.1 Å². The molecule has 5 atom stereocenters. The van der Waals surface area contributed by atoms with E-state index in [1.54, 1.807) is 35.0 Å². The van der Waals surface area contributed by atoms with Crippen molar-refractivity contribution in [3.63, 3.8) is 0 Å². The Labute approximate surface area is 273 Å².